The first-order chi connectivity index (χ1) is 13.9. The van der Waals surface area contributed by atoms with Crippen LogP contribution in [0.25, 0.3) is 0 Å². The summed E-state index contributed by atoms with van der Waals surface area (Å²) in [7, 11) is -3.70. The van der Waals surface area contributed by atoms with Gasteiger partial charge in [0.25, 0.3) is 0 Å². The molecule has 1 N–H and O–H groups in total. The van der Waals surface area contributed by atoms with Crippen molar-refractivity contribution in [3.05, 3.63) is 48.5 Å². The number of para-hydroxylation sites is 4. The zero-order valence-electron chi connectivity index (χ0n) is 16.3. The molecule has 1 aliphatic heterocycles. The first-order valence-electron chi connectivity index (χ1n) is 9.23. The Morgan fingerprint density at radius 1 is 1.17 bits per heavy atom. The highest BCUT2D eigenvalue weighted by Crippen LogP contribution is 2.31. The fraction of sp³-hybridized carbons (Fsp3) is 0.350. The number of fused-ring (bicyclic) bond motifs is 1. The molecule has 1 aliphatic rings. The summed E-state index contributed by atoms with van der Waals surface area (Å²) in [6, 6.07) is 14.0. The second-order valence-electron chi connectivity index (χ2n) is 6.47. The first-order valence-corrected chi connectivity index (χ1v) is 11.1. The zero-order valence-corrected chi connectivity index (χ0v) is 17.1. The van der Waals surface area contributed by atoms with E-state index < -0.39 is 15.9 Å². The summed E-state index contributed by atoms with van der Waals surface area (Å²) in [5, 5.41) is 2.72. The molecule has 0 radical (unpaired) electrons. The predicted molar refractivity (Wildman–Crippen MR) is 109 cm³/mol. The Kier molecular flexibility index (Phi) is 6.48. The van der Waals surface area contributed by atoms with Gasteiger partial charge in [-0.15, -0.1) is 0 Å². The van der Waals surface area contributed by atoms with Crippen LogP contribution in [0, 0.1) is 0 Å². The maximum absolute atomic E-state index is 12.5. The number of nitrogens with zero attached hydrogens (tertiary/aromatic N) is 1. The van der Waals surface area contributed by atoms with Gasteiger partial charge in [0.15, 0.2) is 11.5 Å². The van der Waals surface area contributed by atoms with E-state index in [2.05, 4.69) is 5.32 Å². The number of amides is 1. The number of anilines is 1. The summed E-state index contributed by atoms with van der Waals surface area (Å²) in [6.07, 6.45) is 0.689. The Labute approximate surface area is 170 Å². The van der Waals surface area contributed by atoms with Gasteiger partial charge >= 0.3 is 0 Å². The second-order valence-corrected chi connectivity index (χ2v) is 8.38. The van der Waals surface area contributed by atoms with Crippen LogP contribution in [0.4, 0.5) is 5.69 Å². The highest BCUT2D eigenvalue weighted by molar-refractivity contribution is 7.92. The molecule has 0 bridgehead atoms. The van der Waals surface area contributed by atoms with Crippen LogP contribution >= 0.6 is 0 Å². The average molecular weight is 420 g/mol. The van der Waals surface area contributed by atoms with Gasteiger partial charge in [-0.2, -0.15) is 0 Å². The van der Waals surface area contributed by atoms with Gasteiger partial charge in [0, 0.05) is 0 Å². The molecule has 3 rings (SSSR count). The number of benzene rings is 2. The van der Waals surface area contributed by atoms with Crippen molar-refractivity contribution in [3.8, 4) is 17.2 Å². The number of rotatable bonds is 8. The Balaban J connectivity index is 1.65. The minimum atomic E-state index is -3.70. The van der Waals surface area contributed by atoms with Gasteiger partial charge in [-0.25, -0.2) is 8.42 Å². The normalized spacial score (nSPS) is 15.4. The lowest BCUT2D eigenvalue weighted by atomic mass is 10.2. The lowest BCUT2D eigenvalue weighted by Crippen LogP contribution is -2.45. The van der Waals surface area contributed by atoms with Gasteiger partial charge in [0.2, 0.25) is 15.9 Å². The van der Waals surface area contributed by atoms with Crippen LogP contribution in [0.1, 0.15) is 6.92 Å². The molecule has 0 saturated carbocycles. The van der Waals surface area contributed by atoms with Crippen molar-refractivity contribution >= 4 is 21.6 Å². The molecule has 156 valence electrons. The van der Waals surface area contributed by atoms with Crippen LogP contribution in [0.15, 0.2) is 48.5 Å². The Morgan fingerprint density at radius 3 is 2.59 bits per heavy atom. The van der Waals surface area contributed by atoms with Crippen molar-refractivity contribution in [2.45, 2.75) is 13.0 Å². The van der Waals surface area contributed by atoms with Gasteiger partial charge in [-0.3, -0.25) is 9.10 Å². The van der Waals surface area contributed by atoms with Gasteiger partial charge in [0.1, 0.15) is 25.0 Å². The molecule has 0 aromatic heterocycles. The number of hydrogen-bond donors (Lipinski definition) is 1. The highest BCUT2D eigenvalue weighted by Gasteiger charge is 2.25. The molecule has 0 spiro atoms. The Morgan fingerprint density at radius 2 is 1.86 bits per heavy atom. The number of hydrogen-bond acceptors (Lipinski definition) is 6. The third-order valence-electron chi connectivity index (χ3n) is 4.22. The lowest BCUT2D eigenvalue weighted by molar-refractivity contribution is -0.120. The minimum absolute atomic E-state index is 0.192. The van der Waals surface area contributed by atoms with Crippen LogP contribution in [0.2, 0.25) is 0 Å². The summed E-state index contributed by atoms with van der Waals surface area (Å²) in [5.74, 6) is 1.21. The highest BCUT2D eigenvalue weighted by atomic mass is 32.2. The topological polar surface area (TPSA) is 94.2 Å². The van der Waals surface area contributed by atoms with Crippen LogP contribution in [0.5, 0.6) is 17.2 Å². The Hall–Kier alpha value is -2.94. The van der Waals surface area contributed by atoms with Crippen LogP contribution in [-0.2, 0) is 14.8 Å². The van der Waals surface area contributed by atoms with Crippen LogP contribution in [0.3, 0.4) is 0 Å². The minimum Gasteiger partial charge on any atom is -0.492 e. The maximum Gasteiger partial charge on any atom is 0.240 e. The third-order valence-corrected chi connectivity index (χ3v) is 5.34. The summed E-state index contributed by atoms with van der Waals surface area (Å²) < 4.78 is 42.6. The van der Waals surface area contributed by atoms with Crippen LogP contribution < -0.4 is 23.8 Å². The molecular formula is C20H24N2O6S. The molecule has 1 heterocycles. The van der Waals surface area contributed by atoms with Gasteiger partial charge in [0.05, 0.1) is 25.1 Å². The largest absolute Gasteiger partial charge is 0.492 e. The molecule has 8 nitrogen and oxygen atoms in total. The van der Waals surface area contributed by atoms with Crippen molar-refractivity contribution in [1.29, 1.82) is 0 Å². The lowest BCUT2D eigenvalue weighted by Gasteiger charge is -2.27. The van der Waals surface area contributed by atoms with E-state index >= 15 is 0 Å². The summed E-state index contributed by atoms with van der Waals surface area (Å²) >= 11 is 0. The molecule has 0 fully saturated rings. The number of nitrogens with one attached hydrogen (secondary N) is 1. The SMILES string of the molecule is CCOc1ccccc1N(CC(=O)NCC1COc2ccccc2O1)S(C)(=O)=O. The van der Waals surface area contributed by atoms with E-state index in [9.17, 15) is 13.2 Å². The van der Waals surface area contributed by atoms with Crippen molar-refractivity contribution in [3.63, 3.8) is 0 Å². The fourth-order valence-electron chi connectivity index (χ4n) is 2.90. The van der Waals surface area contributed by atoms with Gasteiger partial charge < -0.3 is 19.5 Å². The van der Waals surface area contributed by atoms with Crippen molar-refractivity contribution in [1.82, 2.24) is 5.32 Å². The molecule has 0 aliphatic carbocycles. The number of sulfonamides is 1. The van der Waals surface area contributed by atoms with E-state index in [0.29, 0.717) is 36.1 Å². The van der Waals surface area contributed by atoms with E-state index in [1.165, 1.54) is 0 Å². The number of ether oxygens (including phenoxy) is 3. The monoisotopic (exact) mass is 420 g/mol. The molecule has 9 heteroatoms. The maximum atomic E-state index is 12.5. The van der Waals surface area contributed by atoms with Crippen molar-refractivity contribution in [2.24, 2.45) is 0 Å². The Bertz CT molecular complexity index is 963. The molecule has 29 heavy (non-hydrogen) atoms. The summed E-state index contributed by atoms with van der Waals surface area (Å²) in [4.78, 5) is 12.5. The smallest absolute Gasteiger partial charge is 0.240 e. The standard InChI is InChI=1S/C20H24N2O6S/c1-3-26-17-9-5-4-8-16(17)22(29(2,24)25)13-20(23)21-12-15-14-27-18-10-6-7-11-19(18)28-15/h4-11,15H,3,12-14H2,1-2H3,(H,21,23). The van der Waals surface area contributed by atoms with Crippen molar-refractivity contribution < 1.29 is 27.4 Å². The summed E-state index contributed by atoms with van der Waals surface area (Å²) in [5.41, 5.74) is 0.318. The van der Waals surface area contributed by atoms with E-state index in [1.54, 1.807) is 37.3 Å². The fourth-order valence-corrected chi connectivity index (χ4v) is 3.76. The van der Waals surface area contributed by atoms with Gasteiger partial charge in [-0.1, -0.05) is 24.3 Å². The summed E-state index contributed by atoms with van der Waals surface area (Å²) in [6.45, 7) is 2.30. The van der Waals surface area contributed by atoms with E-state index in [1.807, 2.05) is 18.2 Å². The average Bonchev–Trinajstić information content (AvgIpc) is 2.70. The number of carbonyl (C=O) groups is 1. The molecule has 1 atom stereocenters. The van der Waals surface area contributed by atoms with Crippen LogP contribution in [-0.4, -0.2) is 53.0 Å². The van der Waals surface area contributed by atoms with E-state index in [0.717, 1.165) is 10.6 Å². The molecule has 0 saturated heterocycles. The molecule has 1 amide bonds. The van der Waals surface area contributed by atoms with E-state index in [-0.39, 0.29) is 19.2 Å². The molecule has 2 aromatic carbocycles. The molecule has 1 unspecified atom stereocenters. The molecular weight excluding hydrogens is 396 g/mol. The third kappa shape index (κ3) is 5.32. The predicted octanol–water partition coefficient (Wildman–Crippen LogP) is 1.81. The van der Waals surface area contributed by atoms with Crippen molar-refractivity contribution in [2.75, 3.05) is 36.9 Å². The zero-order chi connectivity index (χ0) is 20.9. The quantitative estimate of drug-likeness (QED) is 0.700. The van der Waals surface area contributed by atoms with Gasteiger partial charge in [-0.05, 0) is 31.2 Å². The second kappa shape index (κ2) is 9.04. The number of carbonyl (C=O) groups excluding carboxylic acids is 1. The van der Waals surface area contributed by atoms with E-state index in [4.69, 9.17) is 14.2 Å². The first kappa shape index (κ1) is 20.8. The molecule has 2 aromatic rings.